The SMILES string of the molecule is O=C(Sc1ccncc1)c1ccccc1Cl. The van der Waals surface area contributed by atoms with Crippen LogP contribution in [0.3, 0.4) is 0 Å². The van der Waals surface area contributed by atoms with Gasteiger partial charge in [0.15, 0.2) is 0 Å². The first-order valence-electron chi connectivity index (χ1n) is 4.64. The van der Waals surface area contributed by atoms with Gasteiger partial charge in [0, 0.05) is 22.9 Å². The van der Waals surface area contributed by atoms with Crippen LogP contribution < -0.4 is 0 Å². The number of halogens is 1. The number of pyridine rings is 1. The molecule has 0 unspecified atom stereocenters. The lowest BCUT2D eigenvalue weighted by Gasteiger charge is -2.02. The first-order chi connectivity index (χ1) is 7.77. The Morgan fingerprint density at radius 3 is 2.50 bits per heavy atom. The molecular formula is C12H8ClNOS. The minimum Gasteiger partial charge on any atom is -0.281 e. The molecular weight excluding hydrogens is 242 g/mol. The van der Waals surface area contributed by atoms with Gasteiger partial charge in [-0.15, -0.1) is 0 Å². The number of hydrogen-bond donors (Lipinski definition) is 0. The zero-order valence-corrected chi connectivity index (χ0v) is 9.83. The largest absolute Gasteiger partial charge is 0.281 e. The lowest BCUT2D eigenvalue weighted by molar-refractivity contribution is 0.108. The minimum atomic E-state index is -0.0585. The molecule has 1 heterocycles. The van der Waals surface area contributed by atoms with Gasteiger partial charge in [-0.1, -0.05) is 23.7 Å². The van der Waals surface area contributed by atoms with Gasteiger partial charge in [0.25, 0.3) is 0 Å². The van der Waals surface area contributed by atoms with Crippen LogP contribution in [0.25, 0.3) is 0 Å². The van der Waals surface area contributed by atoms with E-state index in [1.165, 1.54) is 0 Å². The van der Waals surface area contributed by atoms with E-state index in [1.54, 1.807) is 48.8 Å². The molecule has 0 N–H and O–H groups in total. The van der Waals surface area contributed by atoms with E-state index in [9.17, 15) is 4.79 Å². The van der Waals surface area contributed by atoms with Crippen molar-refractivity contribution in [3.8, 4) is 0 Å². The molecule has 1 aromatic heterocycles. The molecule has 0 aliphatic rings. The number of thioether (sulfide) groups is 1. The van der Waals surface area contributed by atoms with Gasteiger partial charge in [-0.25, -0.2) is 0 Å². The molecule has 2 nitrogen and oxygen atoms in total. The number of benzene rings is 1. The highest BCUT2D eigenvalue weighted by Gasteiger charge is 2.10. The average molecular weight is 250 g/mol. The monoisotopic (exact) mass is 249 g/mol. The Morgan fingerprint density at radius 2 is 1.81 bits per heavy atom. The fourth-order valence-corrected chi connectivity index (χ4v) is 2.23. The number of carbonyl (C=O) groups is 1. The highest BCUT2D eigenvalue weighted by molar-refractivity contribution is 8.14. The molecule has 0 fully saturated rings. The van der Waals surface area contributed by atoms with E-state index < -0.39 is 0 Å². The smallest absolute Gasteiger partial charge is 0.225 e. The Balaban J connectivity index is 2.19. The molecule has 0 aliphatic heterocycles. The summed E-state index contributed by atoms with van der Waals surface area (Å²) in [5.74, 6) is 0. The van der Waals surface area contributed by atoms with Crippen molar-refractivity contribution in [2.24, 2.45) is 0 Å². The van der Waals surface area contributed by atoms with Gasteiger partial charge in [0.2, 0.25) is 5.12 Å². The summed E-state index contributed by atoms with van der Waals surface area (Å²) >= 11 is 7.09. The van der Waals surface area contributed by atoms with Gasteiger partial charge in [0.05, 0.1) is 5.02 Å². The van der Waals surface area contributed by atoms with Crippen LogP contribution in [0.2, 0.25) is 5.02 Å². The standard InChI is InChI=1S/C12H8ClNOS/c13-11-4-2-1-3-10(11)12(15)16-9-5-7-14-8-6-9/h1-8H. The second-order valence-corrected chi connectivity index (χ2v) is 4.51. The highest BCUT2D eigenvalue weighted by atomic mass is 35.5. The van der Waals surface area contributed by atoms with Crippen molar-refractivity contribution >= 4 is 28.5 Å². The van der Waals surface area contributed by atoms with Crippen LogP contribution in [0, 0.1) is 0 Å². The lowest BCUT2D eigenvalue weighted by Crippen LogP contribution is -1.93. The maximum absolute atomic E-state index is 11.9. The number of rotatable bonds is 2. The molecule has 2 aromatic rings. The van der Waals surface area contributed by atoms with Gasteiger partial charge in [0.1, 0.15) is 0 Å². The van der Waals surface area contributed by atoms with Gasteiger partial charge in [-0.3, -0.25) is 9.78 Å². The normalized spacial score (nSPS) is 10.1. The van der Waals surface area contributed by atoms with Crippen molar-refractivity contribution in [1.29, 1.82) is 0 Å². The Bertz CT molecular complexity index is 501. The molecule has 1 aromatic carbocycles. The summed E-state index contributed by atoms with van der Waals surface area (Å²) in [4.78, 5) is 16.6. The van der Waals surface area contributed by atoms with E-state index in [4.69, 9.17) is 11.6 Å². The first-order valence-corrected chi connectivity index (χ1v) is 5.83. The minimum absolute atomic E-state index is 0.0585. The van der Waals surface area contributed by atoms with Crippen LogP contribution >= 0.6 is 23.4 Å². The summed E-state index contributed by atoms with van der Waals surface area (Å²) in [5, 5.41) is 0.422. The number of nitrogens with zero attached hydrogens (tertiary/aromatic N) is 1. The topological polar surface area (TPSA) is 30.0 Å². The fraction of sp³-hybridized carbons (Fsp3) is 0. The molecule has 0 aliphatic carbocycles. The van der Waals surface area contributed by atoms with Crippen molar-refractivity contribution < 1.29 is 4.79 Å². The molecule has 0 spiro atoms. The van der Waals surface area contributed by atoms with Crippen LogP contribution in [0.15, 0.2) is 53.7 Å². The van der Waals surface area contributed by atoms with Gasteiger partial charge in [-0.2, -0.15) is 0 Å². The predicted molar refractivity (Wildman–Crippen MR) is 65.9 cm³/mol. The predicted octanol–water partition coefficient (Wildman–Crippen LogP) is 3.67. The summed E-state index contributed by atoms with van der Waals surface area (Å²) in [6.07, 6.45) is 3.31. The van der Waals surface area contributed by atoms with Gasteiger partial charge < -0.3 is 0 Å². The van der Waals surface area contributed by atoms with E-state index in [1.807, 2.05) is 0 Å². The zero-order valence-electron chi connectivity index (χ0n) is 8.26. The number of carbonyl (C=O) groups excluding carboxylic acids is 1. The quantitative estimate of drug-likeness (QED) is 0.761. The second-order valence-electron chi connectivity index (χ2n) is 3.05. The Hall–Kier alpha value is -1.32. The summed E-state index contributed by atoms with van der Waals surface area (Å²) in [5.41, 5.74) is 0.533. The van der Waals surface area contributed by atoms with Crippen LogP contribution in [-0.2, 0) is 0 Å². The molecule has 0 radical (unpaired) electrons. The number of aromatic nitrogens is 1. The van der Waals surface area contributed by atoms with Crippen molar-refractivity contribution in [2.75, 3.05) is 0 Å². The van der Waals surface area contributed by atoms with E-state index >= 15 is 0 Å². The van der Waals surface area contributed by atoms with Crippen LogP contribution in [0.5, 0.6) is 0 Å². The Labute approximate surface area is 103 Å². The molecule has 0 saturated heterocycles. The summed E-state index contributed by atoms with van der Waals surface area (Å²) in [6, 6.07) is 10.6. The third-order valence-electron chi connectivity index (χ3n) is 1.95. The summed E-state index contributed by atoms with van der Waals surface area (Å²) in [7, 11) is 0. The first kappa shape index (κ1) is 11.2. The van der Waals surface area contributed by atoms with Gasteiger partial charge in [-0.05, 0) is 36.0 Å². The molecule has 80 valence electrons. The maximum atomic E-state index is 11.9. The average Bonchev–Trinajstić information content (AvgIpc) is 2.31. The second kappa shape index (κ2) is 5.14. The molecule has 0 amide bonds. The number of hydrogen-bond acceptors (Lipinski definition) is 3. The molecule has 0 atom stereocenters. The van der Waals surface area contributed by atoms with Crippen molar-refractivity contribution in [3.63, 3.8) is 0 Å². The fourth-order valence-electron chi connectivity index (χ4n) is 1.20. The third-order valence-corrected chi connectivity index (χ3v) is 3.20. The maximum Gasteiger partial charge on any atom is 0.225 e. The van der Waals surface area contributed by atoms with E-state index in [0.29, 0.717) is 10.6 Å². The molecule has 0 bridgehead atoms. The zero-order chi connectivity index (χ0) is 11.4. The molecule has 0 saturated carbocycles. The lowest BCUT2D eigenvalue weighted by atomic mass is 10.2. The van der Waals surface area contributed by atoms with Crippen molar-refractivity contribution in [2.45, 2.75) is 4.90 Å². The van der Waals surface area contributed by atoms with E-state index in [2.05, 4.69) is 4.98 Å². The van der Waals surface area contributed by atoms with Gasteiger partial charge >= 0.3 is 0 Å². The molecule has 2 rings (SSSR count). The van der Waals surface area contributed by atoms with Crippen LogP contribution in [-0.4, -0.2) is 10.1 Å². The third kappa shape index (κ3) is 2.62. The van der Waals surface area contributed by atoms with Crippen LogP contribution in [0.4, 0.5) is 0 Å². The molecule has 16 heavy (non-hydrogen) atoms. The summed E-state index contributed by atoms with van der Waals surface area (Å²) in [6.45, 7) is 0. The highest BCUT2D eigenvalue weighted by Crippen LogP contribution is 2.25. The molecule has 4 heteroatoms. The Kier molecular flexibility index (Phi) is 3.59. The van der Waals surface area contributed by atoms with E-state index in [0.717, 1.165) is 16.7 Å². The Morgan fingerprint density at radius 1 is 1.12 bits per heavy atom. The van der Waals surface area contributed by atoms with Crippen molar-refractivity contribution in [3.05, 3.63) is 59.4 Å². The van der Waals surface area contributed by atoms with Crippen molar-refractivity contribution in [1.82, 2.24) is 4.98 Å². The van der Waals surface area contributed by atoms with Crippen LogP contribution in [0.1, 0.15) is 10.4 Å². The van der Waals surface area contributed by atoms with E-state index in [-0.39, 0.29) is 5.12 Å². The summed E-state index contributed by atoms with van der Waals surface area (Å²) < 4.78 is 0.